The third kappa shape index (κ3) is 5.90. The molecule has 1 aromatic carbocycles. The number of rotatable bonds is 9. The normalized spacial score (nSPS) is 15.6. The van der Waals surface area contributed by atoms with Crippen molar-refractivity contribution in [2.75, 3.05) is 18.8 Å². The summed E-state index contributed by atoms with van der Waals surface area (Å²) in [7, 11) is -3.50. The maximum absolute atomic E-state index is 12.5. The minimum atomic E-state index is -3.50. The van der Waals surface area contributed by atoms with E-state index in [9.17, 15) is 18.0 Å². The summed E-state index contributed by atoms with van der Waals surface area (Å²) in [6, 6.07) is 12.1. The maximum Gasteiger partial charge on any atom is 0.244 e. The molecular formula is C21H25N3O4S2. The van der Waals surface area contributed by atoms with Crippen LogP contribution in [0.4, 0.5) is 0 Å². The van der Waals surface area contributed by atoms with Gasteiger partial charge in [0.2, 0.25) is 15.9 Å². The molecule has 1 aromatic heterocycles. The lowest BCUT2D eigenvalue weighted by Gasteiger charge is -2.16. The zero-order valence-corrected chi connectivity index (χ0v) is 18.4. The van der Waals surface area contributed by atoms with E-state index in [4.69, 9.17) is 0 Å². The van der Waals surface area contributed by atoms with Crippen LogP contribution >= 0.6 is 11.8 Å². The SMILES string of the molecule is CC(=O)[C@H](Cc1ccccc1)NC(=O)CSc1ccc(S(=O)(=O)N2CCCC2)cn1. The number of hydrogen-bond acceptors (Lipinski definition) is 6. The van der Waals surface area contributed by atoms with Gasteiger partial charge in [0.25, 0.3) is 0 Å². The Morgan fingerprint density at radius 2 is 1.83 bits per heavy atom. The van der Waals surface area contributed by atoms with Crippen molar-refractivity contribution in [1.82, 2.24) is 14.6 Å². The van der Waals surface area contributed by atoms with Crippen LogP contribution in [-0.2, 0) is 26.0 Å². The summed E-state index contributed by atoms with van der Waals surface area (Å²) in [5.41, 5.74) is 0.974. The van der Waals surface area contributed by atoms with Crippen LogP contribution in [0.15, 0.2) is 58.6 Å². The second-order valence-electron chi connectivity index (χ2n) is 7.15. The fourth-order valence-electron chi connectivity index (χ4n) is 3.20. The number of benzene rings is 1. The topological polar surface area (TPSA) is 96.4 Å². The first kappa shape index (κ1) is 22.5. The molecule has 7 nitrogen and oxygen atoms in total. The minimum Gasteiger partial charge on any atom is -0.345 e. The molecule has 160 valence electrons. The van der Waals surface area contributed by atoms with Gasteiger partial charge in [-0.25, -0.2) is 13.4 Å². The van der Waals surface area contributed by atoms with Crippen LogP contribution in [0.1, 0.15) is 25.3 Å². The molecule has 0 saturated carbocycles. The smallest absolute Gasteiger partial charge is 0.244 e. The van der Waals surface area contributed by atoms with Gasteiger partial charge in [-0.05, 0) is 43.9 Å². The first-order chi connectivity index (χ1) is 14.4. The van der Waals surface area contributed by atoms with E-state index in [2.05, 4.69) is 10.3 Å². The quantitative estimate of drug-likeness (QED) is 0.593. The second kappa shape index (κ2) is 10.2. The number of thioether (sulfide) groups is 1. The molecule has 0 aliphatic carbocycles. The Bertz CT molecular complexity index is 973. The van der Waals surface area contributed by atoms with Crippen molar-refractivity contribution in [1.29, 1.82) is 0 Å². The van der Waals surface area contributed by atoms with Crippen molar-refractivity contribution < 1.29 is 18.0 Å². The fourth-order valence-corrected chi connectivity index (χ4v) is 5.32. The summed E-state index contributed by atoms with van der Waals surface area (Å²) >= 11 is 1.20. The van der Waals surface area contributed by atoms with Gasteiger partial charge in [0.1, 0.15) is 4.90 Å². The summed E-state index contributed by atoms with van der Waals surface area (Å²) in [5, 5.41) is 3.32. The van der Waals surface area contributed by atoms with E-state index in [1.807, 2.05) is 30.3 Å². The molecule has 2 heterocycles. The number of aromatic nitrogens is 1. The van der Waals surface area contributed by atoms with Gasteiger partial charge < -0.3 is 5.32 Å². The number of amides is 1. The van der Waals surface area contributed by atoms with Crippen LogP contribution in [0.5, 0.6) is 0 Å². The number of carbonyl (C=O) groups is 2. The Morgan fingerprint density at radius 1 is 1.13 bits per heavy atom. The summed E-state index contributed by atoms with van der Waals surface area (Å²) in [6.07, 6.45) is 3.53. The summed E-state index contributed by atoms with van der Waals surface area (Å²) in [4.78, 5) is 28.6. The van der Waals surface area contributed by atoms with Gasteiger partial charge in [0, 0.05) is 19.3 Å². The number of nitrogens with zero attached hydrogens (tertiary/aromatic N) is 2. The van der Waals surface area contributed by atoms with E-state index in [0.717, 1.165) is 18.4 Å². The molecule has 3 rings (SSSR count). The minimum absolute atomic E-state index is 0.0871. The first-order valence-corrected chi connectivity index (χ1v) is 12.2. The zero-order valence-electron chi connectivity index (χ0n) is 16.8. The van der Waals surface area contributed by atoms with Crippen LogP contribution < -0.4 is 5.32 Å². The summed E-state index contributed by atoms with van der Waals surface area (Å²) in [6.45, 7) is 2.54. The molecule has 0 bridgehead atoms. The second-order valence-corrected chi connectivity index (χ2v) is 10.1. The molecular weight excluding hydrogens is 422 g/mol. The molecule has 1 amide bonds. The van der Waals surface area contributed by atoms with Crippen LogP contribution in [0, 0.1) is 0 Å². The molecule has 30 heavy (non-hydrogen) atoms. The number of pyridine rings is 1. The molecule has 1 aliphatic heterocycles. The Morgan fingerprint density at radius 3 is 2.43 bits per heavy atom. The summed E-state index contributed by atoms with van der Waals surface area (Å²) < 4.78 is 26.5. The van der Waals surface area contributed by atoms with E-state index in [0.29, 0.717) is 24.5 Å². The first-order valence-electron chi connectivity index (χ1n) is 9.79. The Kier molecular flexibility index (Phi) is 7.63. The van der Waals surface area contributed by atoms with Crippen molar-refractivity contribution in [3.8, 4) is 0 Å². The fraction of sp³-hybridized carbons (Fsp3) is 0.381. The molecule has 0 spiro atoms. The Labute approximate surface area is 181 Å². The number of Topliss-reactive ketones (excluding diaryl/α,β-unsaturated/α-hetero) is 1. The van der Waals surface area contributed by atoms with Gasteiger partial charge >= 0.3 is 0 Å². The Hall–Kier alpha value is -2.23. The highest BCUT2D eigenvalue weighted by atomic mass is 32.2. The molecule has 1 aliphatic rings. The lowest BCUT2D eigenvalue weighted by Crippen LogP contribution is -2.42. The molecule has 1 fully saturated rings. The highest BCUT2D eigenvalue weighted by molar-refractivity contribution is 7.99. The van der Waals surface area contributed by atoms with Gasteiger partial charge in [0.15, 0.2) is 5.78 Å². The van der Waals surface area contributed by atoms with Crippen molar-refractivity contribution >= 4 is 33.5 Å². The number of carbonyl (C=O) groups excluding carboxylic acids is 2. The molecule has 0 radical (unpaired) electrons. The van der Waals surface area contributed by atoms with E-state index in [1.165, 1.54) is 35.3 Å². The van der Waals surface area contributed by atoms with Crippen LogP contribution in [0.2, 0.25) is 0 Å². The number of hydrogen-bond donors (Lipinski definition) is 1. The van der Waals surface area contributed by atoms with Crippen molar-refractivity contribution in [3.63, 3.8) is 0 Å². The molecule has 0 unspecified atom stereocenters. The number of ketones is 1. The lowest BCUT2D eigenvalue weighted by molar-refractivity contribution is -0.125. The van der Waals surface area contributed by atoms with Gasteiger partial charge in [-0.15, -0.1) is 0 Å². The standard InChI is InChI=1S/C21H25N3O4S2/c1-16(25)19(13-17-7-3-2-4-8-17)23-20(26)15-29-21-10-9-18(14-22-21)30(27,28)24-11-5-6-12-24/h2-4,7-10,14,19H,5-6,11-13,15H2,1H3,(H,23,26)/t19-/m0/s1. The predicted octanol–water partition coefficient (Wildman–Crippen LogP) is 2.27. The molecule has 1 atom stereocenters. The van der Waals surface area contributed by atoms with E-state index < -0.39 is 16.1 Å². The lowest BCUT2D eigenvalue weighted by atomic mass is 10.0. The molecule has 2 aromatic rings. The van der Waals surface area contributed by atoms with Crippen LogP contribution in [-0.4, -0.2) is 54.3 Å². The predicted molar refractivity (Wildman–Crippen MR) is 116 cm³/mol. The third-order valence-electron chi connectivity index (χ3n) is 4.87. The largest absolute Gasteiger partial charge is 0.345 e. The van der Waals surface area contributed by atoms with Crippen molar-refractivity contribution in [3.05, 3.63) is 54.2 Å². The molecule has 1 saturated heterocycles. The zero-order chi connectivity index (χ0) is 21.6. The van der Waals surface area contributed by atoms with Crippen LogP contribution in [0.3, 0.4) is 0 Å². The van der Waals surface area contributed by atoms with Crippen LogP contribution in [0.25, 0.3) is 0 Å². The average Bonchev–Trinajstić information content (AvgIpc) is 3.29. The van der Waals surface area contributed by atoms with Gasteiger partial charge in [-0.2, -0.15) is 4.31 Å². The van der Waals surface area contributed by atoms with Crippen molar-refractivity contribution in [2.45, 2.75) is 42.1 Å². The highest BCUT2D eigenvalue weighted by Gasteiger charge is 2.27. The van der Waals surface area contributed by atoms with E-state index in [-0.39, 0.29) is 22.3 Å². The molecule has 9 heteroatoms. The monoisotopic (exact) mass is 447 g/mol. The van der Waals surface area contributed by atoms with Gasteiger partial charge in [-0.1, -0.05) is 42.1 Å². The van der Waals surface area contributed by atoms with Crippen molar-refractivity contribution in [2.24, 2.45) is 0 Å². The Balaban J connectivity index is 1.54. The average molecular weight is 448 g/mol. The van der Waals surface area contributed by atoms with E-state index >= 15 is 0 Å². The van der Waals surface area contributed by atoms with Gasteiger partial charge in [-0.3, -0.25) is 9.59 Å². The molecule has 1 N–H and O–H groups in total. The van der Waals surface area contributed by atoms with Gasteiger partial charge in [0.05, 0.1) is 16.8 Å². The number of sulfonamides is 1. The highest BCUT2D eigenvalue weighted by Crippen LogP contribution is 2.22. The maximum atomic E-state index is 12.5. The number of nitrogens with one attached hydrogen (secondary N) is 1. The third-order valence-corrected chi connectivity index (χ3v) is 7.70. The summed E-state index contributed by atoms with van der Waals surface area (Å²) in [5.74, 6) is -0.289. The van der Waals surface area contributed by atoms with E-state index in [1.54, 1.807) is 6.07 Å².